The highest BCUT2D eigenvalue weighted by Crippen LogP contribution is 2.38. The van der Waals surface area contributed by atoms with Gasteiger partial charge in [-0.3, -0.25) is 14.4 Å². The Morgan fingerprint density at radius 2 is 0.806 bits per heavy atom. The predicted octanol–water partition coefficient (Wildman–Crippen LogP) is 9.78. The number of carbonyl (C=O) groups excluding carboxylic acids is 6. The molecule has 406 valence electrons. The number of ether oxygens (including phenoxy) is 4. The lowest BCUT2D eigenvalue weighted by molar-refractivity contribution is -0.152. The van der Waals surface area contributed by atoms with Crippen molar-refractivity contribution in [1.82, 2.24) is 14.7 Å². The van der Waals surface area contributed by atoms with Gasteiger partial charge in [0.1, 0.15) is 18.1 Å². The van der Waals surface area contributed by atoms with E-state index in [1.165, 1.54) is 26.9 Å². The number of rotatable bonds is 10. The average molecular weight is 1070 g/mol. The smallest absolute Gasteiger partial charge is 0.328 e. The summed E-state index contributed by atoms with van der Waals surface area (Å²) in [5.41, 5.74) is 2.01. The zero-order valence-corrected chi connectivity index (χ0v) is 48.5. The van der Waals surface area contributed by atoms with E-state index in [-0.39, 0.29) is 41.0 Å². The molecule has 0 bridgehead atoms. The Bertz CT molecular complexity index is 1910. The Hall–Kier alpha value is -5.12. The molecular weight excluding hydrogens is 983 g/mol. The highest BCUT2D eigenvalue weighted by Gasteiger charge is 2.48. The van der Waals surface area contributed by atoms with Crippen LogP contribution in [0.3, 0.4) is 0 Å². The van der Waals surface area contributed by atoms with Crippen LogP contribution in [0.25, 0.3) is 0 Å². The van der Waals surface area contributed by atoms with Crippen LogP contribution in [0.2, 0.25) is 0 Å². The summed E-state index contributed by atoms with van der Waals surface area (Å²) < 4.78 is 18.6. The number of esters is 3. The van der Waals surface area contributed by atoms with Gasteiger partial charge in [-0.2, -0.15) is 0 Å². The first-order valence-electron chi connectivity index (χ1n) is 24.9. The Balaban J connectivity index is 0. The van der Waals surface area contributed by atoms with Gasteiger partial charge in [-0.05, 0) is 83.4 Å². The molecule has 3 aliphatic rings. The molecule has 0 radical (unpaired) electrons. The normalized spacial score (nSPS) is 19.3. The monoisotopic (exact) mass is 1070 g/mol. The number of aliphatic hydroxyl groups excluding tert-OH is 1. The van der Waals surface area contributed by atoms with Crippen LogP contribution in [0.4, 0.5) is 0 Å². The lowest BCUT2D eigenvalue weighted by Gasteiger charge is -2.26. The number of carbonyl (C=O) groups is 6. The van der Waals surface area contributed by atoms with Crippen LogP contribution in [-0.2, 0) is 58.5 Å². The first-order chi connectivity index (χ1) is 34.0. The van der Waals surface area contributed by atoms with Crippen molar-refractivity contribution in [3.8, 4) is 0 Å². The number of benzene rings is 3. The predicted molar refractivity (Wildman–Crippen MR) is 292 cm³/mol. The second-order valence-corrected chi connectivity index (χ2v) is 19.2. The third-order valence-corrected chi connectivity index (χ3v) is 12.6. The van der Waals surface area contributed by atoms with Crippen molar-refractivity contribution < 1.29 is 52.8 Å². The van der Waals surface area contributed by atoms with Gasteiger partial charge in [0, 0.05) is 51.2 Å². The Kier molecular flexibility index (Phi) is 34.4. The summed E-state index contributed by atoms with van der Waals surface area (Å²) in [5, 5.41) is 8.06. The minimum Gasteiger partial charge on any atom is -0.467 e. The fourth-order valence-electron chi connectivity index (χ4n) is 7.72. The number of nitrogens with zero attached hydrogens (tertiary/aromatic N) is 3. The van der Waals surface area contributed by atoms with Crippen molar-refractivity contribution in [2.24, 2.45) is 5.41 Å². The summed E-state index contributed by atoms with van der Waals surface area (Å²) in [5.74, 6) is -0.401. The van der Waals surface area contributed by atoms with E-state index in [2.05, 4.69) is 63.5 Å². The maximum Gasteiger partial charge on any atom is 0.328 e. The van der Waals surface area contributed by atoms with E-state index in [1.54, 1.807) is 42.6 Å². The van der Waals surface area contributed by atoms with Gasteiger partial charge in [0.2, 0.25) is 17.7 Å². The first-order valence-corrected chi connectivity index (χ1v) is 26.0. The van der Waals surface area contributed by atoms with Crippen molar-refractivity contribution in [2.45, 2.75) is 144 Å². The summed E-state index contributed by atoms with van der Waals surface area (Å²) in [4.78, 5) is 76.2. The number of likely N-dealkylation sites (tertiary alicyclic amines) is 3. The molecule has 3 amide bonds. The summed E-state index contributed by atoms with van der Waals surface area (Å²) in [6.45, 7) is 27.8. The van der Waals surface area contributed by atoms with Gasteiger partial charge >= 0.3 is 17.9 Å². The maximum atomic E-state index is 12.6. The summed E-state index contributed by atoms with van der Waals surface area (Å²) in [6, 6.07) is 28.4. The van der Waals surface area contributed by atoms with Crippen LogP contribution in [0.1, 0.15) is 132 Å². The van der Waals surface area contributed by atoms with Gasteiger partial charge in [0.15, 0.2) is 0 Å². The van der Waals surface area contributed by atoms with Crippen molar-refractivity contribution in [2.75, 3.05) is 67.1 Å². The van der Waals surface area contributed by atoms with Crippen molar-refractivity contribution in [3.63, 3.8) is 0 Å². The molecule has 0 aliphatic carbocycles. The van der Waals surface area contributed by atoms with Crippen molar-refractivity contribution >= 4 is 51.6 Å². The Labute approximate surface area is 441 Å². The number of amides is 3. The molecule has 6 rings (SSSR count). The zero-order chi connectivity index (χ0) is 55.8. The third-order valence-electron chi connectivity index (χ3n) is 12.6. The van der Waals surface area contributed by atoms with Crippen molar-refractivity contribution in [3.05, 3.63) is 108 Å². The van der Waals surface area contributed by atoms with Crippen LogP contribution in [0, 0.1) is 5.41 Å². The number of methoxy groups -OCH3 is 4. The number of hydrogen-bond donors (Lipinski definition) is 1. The number of halogens is 1. The molecule has 0 aromatic heterocycles. The molecule has 14 nitrogen and oxygen atoms in total. The molecule has 5 atom stereocenters. The zero-order valence-electron chi connectivity index (χ0n) is 46.9. The molecule has 0 spiro atoms. The lowest BCUT2D eigenvalue weighted by Crippen LogP contribution is -2.44. The third kappa shape index (κ3) is 20.4. The van der Waals surface area contributed by atoms with E-state index >= 15 is 0 Å². The number of aliphatic hydroxyl groups is 1. The summed E-state index contributed by atoms with van der Waals surface area (Å²) >= 11 is 3.15. The van der Waals surface area contributed by atoms with E-state index in [0.717, 1.165) is 49.4 Å². The van der Waals surface area contributed by atoms with Gasteiger partial charge in [-0.1, -0.05) is 155 Å². The fourth-order valence-corrected chi connectivity index (χ4v) is 7.72. The number of hydrogen-bond acceptors (Lipinski definition) is 11. The SMILES string of the molecule is CC.CC(C)c1ccccc1.CCBr.CCOC.CO.COC(=O)[C@@H](C)N1CCC(C)(C)C1=O.COC(=O)[C@@H](C)N1CCC(C)(c2ccccc2)C1=O.COC(=O)[C@@H](C)N1CCC(C)(c2ccccc2)C1=O. The van der Waals surface area contributed by atoms with E-state index < -0.39 is 29.0 Å². The van der Waals surface area contributed by atoms with Crippen LogP contribution in [0.15, 0.2) is 91.0 Å². The lowest BCUT2D eigenvalue weighted by atomic mass is 9.81. The molecule has 3 aromatic carbocycles. The van der Waals surface area contributed by atoms with Crippen LogP contribution >= 0.6 is 15.9 Å². The maximum absolute atomic E-state index is 12.6. The minimum absolute atomic E-state index is 0.00315. The second kappa shape index (κ2) is 35.9. The minimum atomic E-state index is -0.538. The first kappa shape index (κ1) is 69.0. The molecule has 2 unspecified atom stereocenters. The van der Waals surface area contributed by atoms with Gasteiger partial charge < -0.3 is 38.8 Å². The summed E-state index contributed by atoms with van der Waals surface area (Å²) in [6.07, 6.45) is 2.24. The fraction of sp³-hybridized carbons (Fsp3) is 0.579. The topological polar surface area (TPSA) is 169 Å². The molecule has 3 fully saturated rings. The Morgan fingerprint density at radius 3 is 1.03 bits per heavy atom. The molecular formula is C57H90BrN3O11. The average Bonchev–Trinajstić information content (AvgIpc) is 4.01. The van der Waals surface area contributed by atoms with E-state index in [4.69, 9.17) is 14.6 Å². The summed E-state index contributed by atoms with van der Waals surface area (Å²) in [7, 11) is 6.70. The number of alkyl halides is 1. The molecule has 3 aromatic rings. The Morgan fingerprint density at radius 1 is 0.542 bits per heavy atom. The standard InChI is InChI=1S/2C15H19NO3.C10H17NO3.C9H12.C3H8O.C2H5Br.C2H6.CH4O/c2*1-11(13(17)19-3)16-10-9-15(2,14(16)18)12-7-5-4-6-8-12;1-7(8(12)14-4)11-6-5-10(2,3)9(11)13;1-8(2)9-6-4-3-5-7-9;1-3-4-2;1-2-3;2*1-2/h2*4-8,11H,9-10H2,1-3H3;7H,5-6H2,1-4H3;3-8H,1-2H3;3H2,1-2H3;2H2,1H3;1-2H3;2H,1H3/t2*11-,15?;7-;;;;;/m111...../s1. The molecule has 72 heavy (non-hydrogen) atoms. The largest absolute Gasteiger partial charge is 0.467 e. The van der Waals surface area contributed by atoms with Crippen molar-refractivity contribution in [1.29, 1.82) is 0 Å². The van der Waals surface area contributed by atoms with E-state index in [9.17, 15) is 28.8 Å². The molecule has 1 N–H and O–H groups in total. The van der Waals surface area contributed by atoms with Crippen LogP contribution in [-0.4, -0.2) is 141 Å². The molecule has 3 heterocycles. The quantitative estimate of drug-likeness (QED) is 0.117. The van der Waals surface area contributed by atoms with Gasteiger partial charge in [-0.15, -0.1) is 0 Å². The molecule has 15 heteroatoms. The van der Waals surface area contributed by atoms with Gasteiger partial charge in [-0.25, -0.2) is 14.4 Å². The van der Waals surface area contributed by atoms with Crippen LogP contribution < -0.4 is 0 Å². The molecule has 0 saturated carbocycles. The van der Waals surface area contributed by atoms with Gasteiger partial charge in [0.05, 0.1) is 32.2 Å². The molecule has 3 saturated heterocycles. The van der Waals surface area contributed by atoms with E-state index in [1.807, 2.05) is 122 Å². The molecule has 3 aliphatic heterocycles. The van der Waals surface area contributed by atoms with Gasteiger partial charge in [0.25, 0.3) is 0 Å². The highest BCUT2D eigenvalue weighted by atomic mass is 79.9. The highest BCUT2D eigenvalue weighted by molar-refractivity contribution is 9.09. The van der Waals surface area contributed by atoms with E-state index in [0.29, 0.717) is 25.6 Å². The second-order valence-electron chi connectivity index (χ2n) is 18.0. The van der Waals surface area contributed by atoms with Crippen LogP contribution in [0.5, 0.6) is 0 Å².